The summed E-state index contributed by atoms with van der Waals surface area (Å²) in [4.78, 5) is 23.9. The Labute approximate surface area is 96.1 Å². The van der Waals surface area contributed by atoms with Crippen molar-refractivity contribution in [3.8, 4) is 0 Å². The molecule has 0 spiro atoms. The molecule has 0 aromatic rings. The molecule has 0 radical (unpaired) electrons. The lowest BCUT2D eigenvalue weighted by atomic mass is 10.1. The van der Waals surface area contributed by atoms with Gasteiger partial charge in [0.25, 0.3) is 0 Å². The molecule has 1 atom stereocenters. The standard InChI is InChI=1S/C11H20N2O3/c1-7(2)6-13(5)11(16)12-9(8(3)4)10(14)15/h8-9H,1,6H2,2-5H3,(H,12,16)(H,14,15). The maximum absolute atomic E-state index is 11.6. The van der Waals surface area contributed by atoms with E-state index in [1.165, 1.54) is 4.90 Å². The topological polar surface area (TPSA) is 69.6 Å². The summed E-state index contributed by atoms with van der Waals surface area (Å²) >= 11 is 0. The summed E-state index contributed by atoms with van der Waals surface area (Å²) in [6, 6.07) is -1.26. The van der Waals surface area contributed by atoms with E-state index in [-0.39, 0.29) is 5.92 Å². The number of nitrogens with zero attached hydrogens (tertiary/aromatic N) is 1. The fourth-order valence-corrected chi connectivity index (χ4v) is 1.23. The lowest BCUT2D eigenvalue weighted by molar-refractivity contribution is -0.140. The van der Waals surface area contributed by atoms with Gasteiger partial charge < -0.3 is 15.3 Å². The molecule has 0 aliphatic heterocycles. The molecule has 0 saturated carbocycles. The van der Waals surface area contributed by atoms with Crippen LogP contribution in [0.1, 0.15) is 20.8 Å². The number of carboxylic acids is 1. The highest BCUT2D eigenvalue weighted by molar-refractivity contribution is 5.82. The van der Waals surface area contributed by atoms with Crippen LogP contribution >= 0.6 is 0 Å². The van der Waals surface area contributed by atoms with Crippen molar-refractivity contribution in [2.24, 2.45) is 5.92 Å². The van der Waals surface area contributed by atoms with Gasteiger partial charge in [-0.05, 0) is 12.8 Å². The quantitative estimate of drug-likeness (QED) is 0.697. The van der Waals surface area contributed by atoms with Crippen molar-refractivity contribution in [1.29, 1.82) is 0 Å². The van der Waals surface area contributed by atoms with Crippen LogP contribution in [-0.2, 0) is 4.79 Å². The molecule has 5 heteroatoms. The first-order valence-electron chi connectivity index (χ1n) is 5.14. The molecule has 2 N–H and O–H groups in total. The lowest BCUT2D eigenvalue weighted by Crippen LogP contribution is -2.49. The molecule has 2 amide bonds. The van der Waals surface area contributed by atoms with Crippen molar-refractivity contribution < 1.29 is 14.7 Å². The average molecular weight is 228 g/mol. The normalized spacial score (nSPS) is 12.1. The van der Waals surface area contributed by atoms with Gasteiger partial charge in [-0.25, -0.2) is 9.59 Å². The van der Waals surface area contributed by atoms with Gasteiger partial charge in [0.05, 0.1) is 0 Å². The third-order valence-electron chi connectivity index (χ3n) is 2.07. The molecule has 0 rings (SSSR count). The zero-order valence-electron chi connectivity index (χ0n) is 10.3. The predicted octanol–water partition coefficient (Wildman–Crippen LogP) is 1.31. The van der Waals surface area contributed by atoms with Crippen molar-refractivity contribution in [2.45, 2.75) is 26.8 Å². The molecule has 0 aliphatic rings. The minimum atomic E-state index is -1.02. The van der Waals surface area contributed by atoms with Crippen LogP contribution in [0.25, 0.3) is 0 Å². The van der Waals surface area contributed by atoms with Gasteiger partial charge in [-0.2, -0.15) is 0 Å². The second kappa shape index (κ2) is 6.15. The molecule has 0 fully saturated rings. The largest absolute Gasteiger partial charge is 0.480 e. The van der Waals surface area contributed by atoms with Crippen molar-refractivity contribution >= 4 is 12.0 Å². The van der Waals surface area contributed by atoms with Crippen LogP contribution in [-0.4, -0.2) is 41.6 Å². The van der Waals surface area contributed by atoms with E-state index in [1.807, 2.05) is 0 Å². The van der Waals surface area contributed by atoms with Gasteiger partial charge in [0.2, 0.25) is 0 Å². The molecule has 0 aliphatic carbocycles. The fraction of sp³-hybridized carbons (Fsp3) is 0.636. The molecule has 0 saturated heterocycles. The third-order valence-corrected chi connectivity index (χ3v) is 2.07. The monoisotopic (exact) mass is 228 g/mol. The Hall–Kier alpha value is -1.52. The molecule has 92 valence electrons. The molecule has 0 aromatic heterocycles. The number of hydrogen-bond acceptors (Lipinski definition) is 2. The smallest absolute Gasteiger partial charge is 0.326 e. The van der Waals surface area contributed by atoms with Gasteiger partial charge in [-0.1, -0.05) is 26.0 Å². The van der Waals surface area contributed by atoms with Gasteiger partial charge >= 0.3 is 12.0 Å². The summed E-state index contributed by atoms with van der Waals surface area (Å²) in [6.45, 7) is 9.40. The zero-order chi connectivity index (χ0) is 12.9. The Morgan fingerprint density at radius 3 is 2.25 bits per heavy atom. The number of carbonyl (C=O) groups excluding carboxylic acids is 1. The SMILES string of the molecule is C=C(C)CN(C)C(=O)NC(C(=O)O)C(C)C. The summed E-state index contributed by atoms with van der Waals surface area (Å²) in [5.41, 5.74) is 0.842. The highest BCUT2D eigenvalue weighted by Gasteiger charge is 2.24. The first-order chi connectivity index (χ1) is 7.25. The van der Waals surface area contributed by atoms with E-state index < -0.39 is 18.0 Å². The number of amides is 2. The summed E-state index contributed by atoms with van der Waals surface area (Å²) in [7, 11) is 1.60. The first kappa shape index (κ1) is 14.5. The minimum Gasteiger partial charge on any atom is -0.480 e. The molecule has 0 heterocycles. The van der Waals surface area contributed by atoms with Gasteiger partial charge in [0.1, 0.15) is 6.04 Å². The van der Waals surface area contributed by atoms with Crippen molar-refractivity contribution in [3.63, 3.8) is 0 Å². The number of likely N-dealkylation sites (N-methyl/N-ethyl adjacent to an activating group) is 1. The minimum absolute atomic E-state index is 0.153. The second-order valence-corrected chi connectivity index (χ2v) is 4.32. The van der Waals surface area contributed by atoms with E-state index in [9.17, 15) is 9.59 Å². The summed E-state index contributed by atoms with van der Waals surface area (Å²) in [5, 5.41) is 11.4. The number of hydrogen-bond donors (Lipinski definition) is 2. The van der Waals surface area contributed by atoms with Crippen molar-refractivity contribution in [2.75, 3.05) is 13.6 Å². The van der Waals surface area contributed by atoms with Crippen molar-refractivity contribution in [3.05, 3.63) is 12.2 Å². The predicted molar refractivity (Wildman–Crippen MR) is 62.2 cm³/mol. The Bertz CT molecular complexity index is 287. The third kappa shape index (κ3) is 4.82. The Balaban J connectivity index is 4.40. The maximum atomic E-state index is 11.6. The van der Waals surface area contributed by atoms with Gasteiger partial charge in [-0.3, -0.25) is 0 Å². The van der Waals surface area contributed by atoms with E-state index in [0.717, 1.165) is 5.57 Å². The van der Waals surface area contributed by atoms with Crippen LogP contribution in [0.4, 0.5) is 4.79 Å². The molecule has 5 nitrogen and oxygen atoms in total. The summed E-state index contributed by atoms with van der Waals surface area (Å²) in [5.74, 6) is -1.17. The van der Waals surface area contributed by atoms with Gasteiger partial charge in [0.15, 0.2) is 0 Å². The van der Waals surface area contributed by atoms with E-state index in [2.05, 4.69) is 11.9 Å². The molecule has 16 heavy (non-hydrogen) atoms. The van der Waals surface area contributed by atoms with Crippen LogP contribution in [0.15, 0.2) is 12.2 Å². The Morgan fingerprint density at radius 2 is 1.94 bits per heavy atom. The molecule has 1 unspecified atom stereocenters. The number of urea groups is 1. The Morgan fingerprint density at radius 1 is 1.44 bits per heavy atom. The van der Waals surface area contributed by atoms with E-state index in [0.29, 0.717) is 6.54 Å². The lowest BCUT2D eigenvalue weighted by Gasteiger charge is -2.23. The van der Waals surface area contributed by atoms with Crippen LogP contribution in [0.2, 0.25) is 0 Å². The van der Waals surface area contributed by atoms with Crippen LogP contribution < -0.4 is 5.32 Å². The molecule has 0 bridgehead atoms. The van der Waals surface area contributed by atoms with Crippen LogP contribution in [0, 0.1) is 5.92 Å². The fourth-order valence-electron chi connectivity index (χ4n) is 1.23. The second-order valence-electron chi connectivity index (χ2n) is 4.32. The molecule has 0 aromatic carbocycles. The van der Waals surface area contributed by atoms with Crippen LogP contribution in [0.5, 0.6) is 0 Å². The zero-order valence-corrected chi connectivity index (χ0v) is 10.3. The Kier molecular flexibility index (Phi) is 5.56. The summed E-state index contributed by atoms with van der Waals surface area (Å²) < 4.78 is 0. The van der Waals surface area contributed by atoms with Crippen LogP contribution in [0.3, 0.4) is 0 Å². The number of rotatable bonds is 5. The van der Waals surface area contributed by atoms with E-state index >= 15 is 0 Å². The molecular weight excluding hydrogens is 208 g/mol. The highest BCUT2D eigenvalue weighted by Crippen LogP contribution is 2.03. The number of nitrogens with one attached hydrogen (secondary N) is 1. The maximum Gasteiger partial charge on any atom is 0.326 e. The average Bonchev–Trinajstić information content (AvgIpc) is 2.11. The number of carboxylic acid groups (broad SMARTS) is 1. The van der Waals surface area contributed by atoms with Crippen molar-refractivity contribution in [1.82, 2.24) is 10.2 Å². The van der Waals surface area contributed by atoms with Gasteiger partial charge in [-0.15, -0.1) is 0 Å². The number of carbonyl (C=O) groups is 2. The first-order valence-corrected chi connectivity index (χ1v) is 5.14. The summed E-state index contributed by atoms with van der Waals surface area (Å²) in [6.07, 6.45) is 0. The number of aliphatic carboxylic acids is 1. The highest BCUT2D eigenvalue weighted by atomic mass is 16.4. The molecular formula is C11H20N2O3. The van der Waals surface area contributed by atoms with Gasteiger partial charge in [0, 0.05) is 13.6 Å². The van der Waals surface area contributed by atoms with E-state index in [4.69, 9.17) is 5.11 Å². The van der Waals surface area contributed by atoms with E-state index in [1.54, 1.807) is 27.8 Å².